The summed E-state index contributed by atoms with van der Waals surface area (Å²) in [5.41, 5.74) is 0. The Bertz CT molecular complexity index is 324. The van der Waals surface area contributed by atoms with Gasteiger partial charge in [-0.15, -0.1) is 0 Å². The summed E-state index contributed by atoms with van der Waals surface area (Å²) in [5, 5.41) is 56.9. The molecule has 0 radical (unpaired) electrons. The first-order valence-corrected chi connectivity index (χ1v) is 5.49. The van der Waals surface area contributed by atoms with Gasteiger partial charge in [0, 0.05) is 11.8 Å². The van der Waals surface area contributed by atoms with Crippen LogP contribution in [-0.4, -0.2) is 80.1 Å². The van der Waals surface area contributed by atoms with Gasteiger partial charge in [0.1, 0.15) is 37.1 Å². The molecule has 0 unspecified atom stereocenters. The van der Waals surface area contributed by atoms with Gasteiger partial charge in [-0.1, -0.05) is 0 Å². The van der Waals surface area contributed by atoms with Crippen molar-refractivity contribution in [3.63, 3.8) is 0 Å². The fourth-order valence-corrected chi connectivity index (χ4v) is 1.20. The van der Waals surface area contributed by atoms with Gasteiger partial charge in [-0.2, -0.15) is 4.89 Å². The molecular formula is C9H17NO10. The molecule has 5 N–H and O–H groups in total. The van der Waals surface area contributed by atoms with E-state index in [9.17, 15) is 40.4 Å². The maximum absolute atomic E-state index is 10.4. The van der Waals surface area contributed by atoms with E-state index in [4.69, 9.17) is 0 Å². The number of nitrogens with zero attached hydrogens (tertiary/aromatic N) is 1. The van der Waals surface area contributed by atoms with E-state index >= 15 is 0 Å². The Morgan fingerprint density at radius 1 is 1.10 bits per heavy atom. The van der Waals surface area contributed by atoms with Crippen LogP contribution in [0.25, 0.3) is 0 Å². The van der Waals surface area contributed by atoms with Crippen molar-refractivity contribution in [1.82, 2.24) is 0 Å². The SMILES string of the molecule is CC(=O)OOC[C@@H](O)[C@H](O)[C@H](O)[C@@H](O)[C@H](O)C[N+](=O)[O-]. The lowest BCUT2D eigenvalue weighted by molar-refractivity contribution is -0.493. The van der Waals surface area contributed by atoms with Crippen LogP contribution in [0.3, 0.4) is 0 Å². The minimum atomic E-state index is -2.07. The number of hydrogen-bond donors (Lipinski definition) is 5. The molecule has 0 bridgehead atoms. The highest BCUT2D eigenvalue weighted by atomic mass is 17.2. The van der Waals surface area contributed by atoms with Gasteiger partial charge >= 0.3 is 5.97 Å². The Kier molecular flexibility index (Phi) is 8.13. The fraction of sp³-hybridized carbons (Fsp3) is 0.889. The van der Waals surface area contributed by atoms with Gasteiger partial charge < -0.3 is 25.5 Å². The predicted molar refractivity (Wildman–Crippen MR) is 59.6 cm³/mol. The second-order valence-corrected chi connectivity index (χ2v) is 3.98. The highest BCUT2D eigenvalue weighted by molar-refractivity contribution is 5.65. The van der Waals surface area contributed by atoms with Gasteiger partial charge in [0.25, 0.3) is 0 Å². The van der Waals surface area contributed by atoms with Gasteiger partial charge in [0.15, 0.2) is 0 Å². The van der Waals surface area contributed by atoms with Crippen molar-refractivity contribution in [2.45, 2.75) is 37.4 Å². The number of hydrogen-bond acceptors (Lipinski definition) is 10. The van der Waals surface area contributed by atoms with Crippen LogP contribution in [0.4, 0.5) is 0 Å². The van der Waals surface area contributed by atoms with E-state index in [0.717, 1.165) is 6.92 Å². The fourth-order valence-electron chi connectivity index (χ4n) is 1.20. The molecule has 20 heavy (non-hydrogen) atoms. The number of aliphatic hydroxyl groups excluding tert-OH is 5. The van der Waals surface area contributed by atoms with Crippen molar-refractivity contribution in [3.8, 4) is 0 Å². The molecule has 0 heterocycles. The highest BCUT2D eigenvalue weighted by Gasteiger charge is 2.36. The van der Waals surface area contributed by atoms with Gasteiger partial charge in [0.2, 0.25) is 6.54 Å². The van der Waals surface area contributed by atoms with Crippen LogP contribution in [0.1, 0.15) is 6.92 Å². The zero-order valence-corrected chi connectivity index (χ0v) is 10.5. The number of carbonyl (C=O) groups excluding carboxylic acids is 1. The van der Waals surface area contributed by atoms with E-state index in [1.54, 1.807) is 0 Å². The molecule has 0 aromatic heterocycles. The molecule has 0 aromatic rings. The van der Waals surface area contributed by atoms with Crippen molar-refractivity contribution in [1.29, 1.82) is 0 Å². The topological polar surface area (TPSA) is 180 Å². The second kappa shape index (κ2) is 8.73. The predicted octanol–water partition coefficient (Wildman–Crippen LogP) is -3.44. The monoisotopic (exact) mass is 299 g/mol. The quantitative estimate of drug-likeness (QED) is 0.163. The molecule has 0 fully saturated rings. The summed E-state index contributed by atoms with van der Waals surface area (Å²) in [5.74, 6) is -0.811. The number of rotatable bonds is 9. The molecule has 0 rings (SSSR count). The van der Waals surface area contributed by atoms with Crippen LogP contribution in [0.5, 0.6) is 0 Å². The van der Waals surface area contributed by atoms with Gasteiger partial charge in [0.05, 0.1) is 0 Å². The minimum Gasteiger partial charge on any atom is -0.388 e. The molecule has 118 valence electrons. The number of aliphatic hydroxyl groups is 5. The normalized spacial score (nSPS) is 18.7. The third-order valence-electron chi connectivity index (χ3n) is 2.24. The van der Waals surface area contributed by atoms with Crippen molar-refractivity contribution < 1.29 is 45.0 Å². The molecule has 5 atom stereocenters. The van der Waals surface area contributed by atoms with Crippen molar-refractivity contribution in [3.05, 3.63) is 10.1 Å². The molecular weight excluding hydrogens is 282 g/mol. The Morgan fingerprint density at radius 2 is 1.60 bits per heavy atom. The summed E-state index contributed by atoms with van der Waals surface area (Å²) in [7, 11) is 0. The van der Waals surface area contributed by atoms with Crippen LogP contribution in [-0.2, 0) is 14.6 Å². The molecule has 11 heteroatoms. The molecule has 0 amide bonds. The Balaban J connectivity index is 4.32. The first-order valence-electron chi connectivity index (χ1n) is 5.49. The third-order valence-corrected chi connectivity index (χ3v) is 2.24. The van der Waals surface area contributed by atoms with Crippen molar-refractivity contribution >= 4 is 5.97 Å². The van der Waals surface area contributed by atoms with Gasteiger partial charge in [-0.05, 0) is 0 Å². The van der Waals surface area contributed by atoms with Gasteiger partial charge in [-0.25, -0.2) is 4.79 Å². The summed E-state index contributed by atoms with van der Waals surface area (Å²) in [6.45, 7) is -0.740. The van der Waals surface area contributed by atoms with Crippen LogP contribution >= 0.6 is 0 Å². The minimum absolute atomic E-state index is 0.712. The summed E-state index contributed by atoms with van der Waals surface area (Å²) >= 11 is 0. The summed E-state index contributed by atoms with van der Waals surface area (Å²) in [6, 6.07) is 0. The van der Waals surface area contributed by atoms with Crippen molar-refractivity contribution in [2.75, 3.05) is 13.2 Å². The lowest BCUT2D eigenvalue weighted by atomic mass is 9.99. The standard InChI is InChI=1S/C9H17NO10/c1-4(11)20-19-3-6(13)8(15)9(16)7(14)5(12)2-10(17)18/h5-9,12-16H,2-3H2,1H3/t5-,6-,7+,8+,9-/m1/s1. The third kappa shape index (κ3) is 6.70. The summed E-state index contributed by atoms with van der Waals surface area (Å²) in [4.78, 5) is 27.8. The second-order valence-electron chi connectivity index (χ2n) is 3.98. The van der Waals surface area contributed by atoms with Crippen LogP contribution in [0, 0.1) is 10.1 Å². The maximum Gasteiger partial charge on any atom is 0.339 e. The largest absolute Gasteiger partial charge is 0.388 e. The average Bonchev–Trinajstić information content (AvgIpc) is 2.34. The first-order chi connectivity index (χ1) is 9.16. The van der Waals surface area contributed by atoms with E-state index in [-0.39, 0.29) is 0 Å². The molecule has 0 saturated heterocycles. The van der Waals surface area contributed by atoms with Crippen LogP contribution < -0.4 is 0 Å². The Labute approximate surface area is 113 Å². The smallest absolute Gasteiger partial charge is 0.339 e. The summed E-state index contributed by atoms with van der Waals surface area (Å²) in [6.07, 6.45) is -9.81. The van der Waals surface area contributed by atoms with E-state index in [1.807, 2.05) is 0 Å². The molecule has 0 aliphatic carbocycles. The molecule has 0 aromatic carbocycles. The van der Waals surface area contributed by atoms with Crippen LogP contribution in [0.2, 0.25) is 0 Å². The summed E-state index contributed by atoms with van der Waals surface area (Å²) < 4.78 is 0. The zero-order chi connectivity index (χ0) is 15.9. The molecule has 0 spiro atoms. The highest BCUT2D eigenvalue weighted by Crippen LogP contribution is 2.09. The zero-order valence-electron chi connectivity index (χ0n) is 10.5. The van der Waals surface area contributed by atoms with Gasteiger partial charge in [-0.3, -0.25) is 15.0 Å². The number of nitro groups is 1. The Hall–Kier alpha value is -1.37. The molecule has 11 nitrogen and oxygen atoms in total. The lowest BCUT2D eigenvalue weighted by Crippen LogP contribution is -2.51. The van der Waals surface area contributed by atoms with E-state index in [1.165, 1.54) is 0 Å². The Morgan fingerprint density at radius 3 is 2.05 bits per heavy atom. The average molecular weight is 299 g/mol. The number of carbonyl (C=O) groups is 1. The van der Waals surface area contributed by atoms with E-state index < -0.39 is 54.6 Å². The van der Waals surface area contributed by atoms with E-state index in [0.29, 0.717) is 0 Å². The van der Waals surface area contributed by atoms with E-state index in [2.05, 4.69) is 9.78 Å². The maximum atomic E-state index is 10.4. The van der Waals surface area contributed by atoms with Crippen LogP contribution in [0.15, 0.2) is 0 Å². The molecule has 0 saturated carbocycles. The molecule has 0 aliphatic heterocycles. The molecule has 0 aliphatic rings. The lowest BCUT2D eigenvalue weighted by Gasteiger charge is -2.27. The van der Waals surface area contributed by atoms with Crippen molar-refractivity contribution in [2.24, 2.45) is 0 Å². The first kappa shape index (κ1) is 18.6.